The minimum absolute atomic E-state index is 0.0489. The first kappa shape index (κ1) is 10.5. The van der Waals surface area contributed by atoms with E-state index < -0.39 is 0 Å². The molecule has 0 aromatic carbocycles. The number of nitrogens with zero attached hydrogens (tertiary/aromatic N) is 1. The number of hydrogen-bond acceptors (Lipinski definition) is 3. The van der Waals surface area contributed by atoms with Gasteiger partial charge in [-0.1, -0.05) is 0 Å². The smallest absolute Gasteiger partial charge is 0.239 e. The maximum atomic E-state index is 11.6. The van der Waals surface area contributed by atoms with E-state index in [0.717, 1.165) is 0 Å². The van der Waals surface area contributed by atoms with Gasteiger partial charge >= 0.3 is 0 Å². The number of hydrogen-bond donors (Lipinski definition) is 2. The molecule has 76 valence electrons. The molecule has 1 fully saturated rings. The largest absolute Gasteiger partial charge is 0.396 e. The van der Waals surface area contributed by atoms with Crippen molar-refractivity contribution < 1.29 is 9.90 Å². The molecule has 0 radical (unpaired) electrons. The first-order valence-electron chi connectivity index (χ1n) is 4.60. The summed E-state index contributed by atoms with van der Waals surface area (Å²) in [6.07, 6.45) is 0.493. The fourth-order valence-corrected chi connectivity index (χ4v) is 1.84. The van der Waals surface area contributed by atoms with E-state index in [4.69, 9.17) is 5.11 Å². The van der Waals surface area contributed by atoms with Gasteiger partial charge in [-0.3, -0.25) is 10.1 Å². The standard InChI is InChI=1S/C9H18N2O2/c1-9(2)6-11(3)8(13)7(10-9)4-5-12/h7,10,12H,4-6H2,1-3H3. The Bertz CT molecular complexity index is 204. The molecule has 4 heteroatoms. The summed E-state index contributed by atoms with van der Waals surface area (Å²) < 4.78 is 0. The van der Waals surface area contributed by atoms with E-state index >= 15 is 0 Å². The van der Waals surface area contributed by atoms with Gasteiger partial charge in [-0.25, -0.2) is 0 Å². The lowest BCUT2D eigenvalue weighted by molar-refractivity contribution is -0.137. The van der Waals surface area contributed by atoms with Crippen molar-refractivity contribution in [2.24, 2.45) is 0 Å². The maximum absolute atomic E-state index is 11.6. The number of piperazine rings is 1. The van der Waals surface area contributed by atoms with Gasteiger partial charge in [0, 0.05) is 25.7 Å². The number of nitrogens with one attached hydrogen (secondary N) is 1. The average molecular weight is 186 g/mol. The molecule has 2 N–H and O–H groups in total. The third kappa shape index (κ3) is 2.42. The highest BCUT2D eigenvalue weighted by Crippen LogP contribution is 2.14. The normalized spacial score (nSPS) is 27.8. The van der Waals surface area contributed by atoms with Gasteiger partial charge in [-0.05, 0) is 20.3 Å². The molecule has 1 aliphatic rings. The van der Waals surface area contributed by atoms with Crippen LogP contribution in [0.1, 0.15) is 20.3 Å². The van der Waals surface area contributed by atoms with Crippen LogP contribution in [0.5, 0.6) is 0 Å². The molecule has 13 heavy (non-hydrogen) atoms. The van der Waals surface area contributed by atoms with Gasteiger partial charge in [0.15, 0.2) is 0 Å². The topological polar surface area (TPSA) is 52.6 Å². The van der Waals surface area contributed by atoms with Crippen molar-refractivity contribution in [3.63, 3.8) is 0 Å². The highest BCUT2D eigenvalue weighted by molar-refractivity contribution is 5.82. The molecule has 0 spiro atoms. The zero-order valence-electron chi connectivity index (χ0n) is 8.50. The zero-order valence-corrected chi connectivity index (χ0v) is 8.50. The summed E-state index contributed by atoms with van der Waals surface area (Å²) in [4.78, 5) is 13.3. The quantitative estimate of drug-likeness (QED) is 0.615. The van der Waals surface area contributed by atoms with Crippen molar-refractivity contribution >= 4 is 5.91 Å². The fraction of sp³-hybridized carbons (Fsp3) is 0.889. The van der Waals surface area contributed by atoms with Gasteiger partial charge < -0.3 is 10.0 Å². The van der Waals surface area contributed by atoms with Crippen molar-refractivity contribution in [1.82, 2.24) is 10.2 Å². The molecule has 1 aliphatic heterocycles. The van der Waals surface area contributed by atoms with Crippen molar-refractivity contribution in [1.29, 1.82) is 0 Å². The summed E-state index contributed by atoms with van der Waals surface area (Å²) in [7, 11) is 1.80. The minimum Gasteiger partial charge on any atom is -0.396 e. The van der Waals surface area contributed by atoms with E-state index in [2.05, 4.69) is 19.2 Å². The summed E-state index contributed by atoms with van der Waals surface area (Å²) >= 11 is 0. The van der Waals surface area contributed by atoms with Gasteiger partial charge in [0.25, 0.3) is 0 Å². The van der Waals surface area contributed by atoms with Crippen LogP contribution in [0.4, 0.5) is 0 Å². The Hall–Kier alpha value is -0.610. The lowest BCUT2D eigenvalue weighted by Gasteiger charge is -2.41. The van der Waals surface area contributed by atoms with E-state index in [0.29, 0.717) is 13.0 Å². The summed E-state index contributed by atoms with van der Waals surface area (Å²) in [5.74, 6) is 0.0772. The summed E-state index contributed by atoms with van der Waals surface area (Å²) in [6, 6.07) is -0.223. The highest BCUT2D eigenvalue weighted by atomic mass is 16.3. The predicted octanol–water partition coefficient (Wildman–Crippen LogP) is -0.422. The number of carbonyl (C=O) groups is 1. The molecule has 1 unspecified atom stereocenters. The maximum Gasteiger partial charge on any atom is 0.239 e. The van der Waals surface area contributed by atoms with Gasteiger partial charge in [0.05, 0.1) is 6.04 Å². The van der Waals surface area contributed by atoms with E-state index in [-0.39, 0.29) is 24.1 Å². The molecular weight excluding hydrogens is 168 g/mol. The lowest BCUT2D eigenvalue weighted by atomic mass is 9.97. The number of aliphatic hydroxyl groups is 1. The molecule has 0 saturated carbocycles. The number of amides is 1. The second-order valence-corrected chi connectivity index (χ2v) is 4.29. The van der Waals surface area contributed by atoms with Gasteiger partial charge in [-0.15, -0.1) is 0 Å². The molecule has 0 bridgehead atoms. The van der Waals surface area contributed by atoms with E-state index in [1.807, 2.05) is 0 Å². The predicted molar refractivity (Wildman–Crippen MR) is 50.3 cm³/mol. The van der Waals surface area contributed by atoms with Crippen molar-refractivity contribution in [2.45, 2.75) is 31.8 Å². The Kier molecular flexibility index (Phi) is 2.93. The molecule has 1 rings (SSSR count). The monoisotopic (exact) mass is 186 g/mol. The molecule has 1 amide bonds. The fourth-order valence-electron chi connectivity index (χ4n) is 1.84. The summed E-state index contributed by atoms with van der Waals surface area (Å²) in [5, 5.41) is 12.0. The van der Waals surface area contributed by atoms with Crippen LogP contribution in [0.25, 0.3) is 0 Å². The first-order valence-corrected chi connectivity index (χ1v) is 4.60. The van der Waals surface area contributed by atoms with Crippen LogP contribution >= 0.6 is 0 Å². The summed E-state index contributed by atoms with van der Waals surface area (Å²) in [5.41, 5.74) is -0.0531. The second-order valence-electron chi connectivity index (χ2n) is 4.29. The third-order valence-electron chi connectivity index (χ3n) is 2.29. The van der Waals surface area contributed by atoms with Crippen molar-refractivity contribution in [3.05, 3.63) is 0 Å². The number of likely N-dealkylation sites (N-methyl/N-ethyl adjacent to an activating group) is 1. The van der Waals surface area contributed by atoms with Crippen LogP contribution in [0.2, 0.25) is 0 Å². The van der Waals surface area contributed by atoms with Crippen molar-refractivity contribution in [2.75, 3.05) is 20.2 Å². The van der Waals surface area contributed by atoms with E-state index in [9.17, 15) is 4.79 Å². The highest BCUT2D eigenvalue weighted by Gasteiger charge is 2.35. The van der Waals surface area contributed by atoms with Gasteiger partial charge in [0.2, 0.25) is 5.91 Å². The van der Waals surface area contributed by atoms with Crippen LogP contribution < -0.4 is 5.32 Å². The van der Waals surface area contributed by atoms with Gasteiger partial charge in [0.1, 0.15) is 0 Å². The Balaban J connectivity index is 2.67. The molecule has 1 saturated heterocycles. The molecule has 1 heterocycles. The van der Waals surface area contributed by atoms with Gasteiger partial charge in [-0.2, -0.15) is 0 Å². The molecular formula is C9H18N2O2. The Morgan fingerprint density at radius 1 is 1.69 bits per heavy atom. The van der Waals surface area contributed by atoms with Crippen LogP contribution in [-0.4, -0.2) is 47.7 Å². The van der Waals surface area contributed by atoms with Crippen molar-refractivity contribution in [3.8, 4) is 0 Å². The number of carbonyl (C=O) groups excluding carboxylic acids is 1. The Morgan fingerprint density at radius 3 is 2.85 bits per heavy atom. The van der Waals surface area contributed by atoms with Crippen LogP contribution in [-0.2, 0) is 4.79 Å². The number of aliphatic hydroxyl groups excluding tert-OH is 1. The molecule has 0 aromatic heterocycles. The first-order chi connectivity index (χ1) is 5.96. The van der Waals surface area contributed by atoms with Crippen LogP contribution in [0, 0.1) is 0 Å². The zero-order chi connectivity index (χ0) is 10.1. The second kappa shape index (κ2) is 3.64. The van der Waals surface area contributed by atoms with Crippen LogP contribution in [0.3, 0.4) is 0 Å². The average Bonchev–Trinajstić information content (AvgIpc) is 1.99. The van der Waals surface area contributed by atoms with Crippen LogP contribution in [0.15, 0.2) is 0 Å². The SMILES string of the molecule is CN1CC(C)(C)NC(CCO)C1=O. The van der Waals surface area contributed by atoms with E-state index in [1.165, 1.54) is 0 Å². The Morgan fingerprint density at radius 2 is 2.31 bits per heavy atom. The van der Waals surface area contributed by atoms with E-state index in [1.54, 1.807) is 11.9 Å². The molecule has 1 atom stereocenters. The molecule has 0 aromatic rings. The lowest BCUT2D eigenvalue weighted by Crippen LogP contribution is -2.63. The summed E-state index contributed by atoms with van der Waals surface area (Å²) in [6.45, 7) is 4.88. The Labute approximate surface area is 78.9 Å². The third-order valence-corrected chi connectivity index (χ3v) is 2.29. The minimum atomic E-state index is -0.223. The number of rotatable bonds is 2. The molecule has 4 nitrogen and oxygen atoms in total. The molecule has 0 aliphatic carbocycles.